The smallest absolute Gasteiger partial charge is 0.279 e. The fourth-order valence-electron chi connectivity index (χ4n) is 3.46. The molecule has 2 N–H and O–H groups in total. The van der Waals surface area contributed by atoms with Gasteiger partial charge in [-0.1, -0.05) is 18.2 Å². The molecule has 1 aliphatic heterocycles. The molecule has 2 heterocycles. The summed E-state index contributed by atoms with van der Waals surface area (Å²) in [5.41, 5.74) is 2.57. The Morgan fingerprint density at radius 3 is 2.65 bits per heavy atom. The van der Waals surface area contributed by atoms with Crippen LogP contribution in [0.3, 0.4) is 0 Å². The number of para-hydroxylation sites is 1. The lowest BCUT2D eigenvalue weighted by molar-refractivity contribution is -0.896. The van der Waals surface area contributed by atoms with Crippen LogP contribution in [-0.4, -0.2) is 25.5 Å². The van der Waals surface area contributed by atoms with E-state index in [0.29, 0.717) is 6.54 Å². The van der Waals surface area contributed by atoms with Gasteiger partial charge in [-0.3, -0.25) is 4.79 Å². The summed E-state index contributed by atoms with van der Waals surface area (Å²) in [6, 6.07) is 13.8. The monoisotopic (exact) mass is 309 g/mol. The third-order valence-electron chi connectivity index (χ3n) is 4.63. The van der Waals surface area contributed by atoms with Crippen LogP contribution in [-0.2, 0) is 4.79 Å². The van der Waals surface area contributed by atoms with Gasteiger partial charge in [0.15, 0.2) is 6.54 Å². The van der Waals surface area contributed by atoms with Gasteiger partial charge in [0.05, 0.1) is 13.1 Å². The van der Waals surface area contributed by atoms with Gasteiger partial charge in [-0.05, 0) is 43.5 Å². The van der Waals surface area contributed by atoms with Gasteiger partial charge < -0.3 is 14.6 Å². The highest BCUT2D eigenvalue weighted by Crippen LogP contribution is 2.30. The SMILES string of the molecule is O=C(C[NH+]1CCCCC1)Nc1ccc2oc3ccccc3c2c1. The minimum atomic E-state index is 0.0917. The van der Waals surface area contributed by atoms with Gasteiger partial charge in [-0.2, -0.15) is 0 Å². The molecule has 2 aromatic carbocycles. The lowest BCUT2D eigenvalue weighted by Gasteiger charge is -2.22. The molecule has 1 aromatic heterocycles. The summed E-state index contributed by atoms with van der Waals surface area (Å²) in [7, 11) is 0. The van der Waals surface area contributed by atoms with E-state index in [1.54, 1.807) is 0 Å². The van der Waals surface area contributed by atoms with Crippen molar-refractivity contribution in [3.8, 4) is 0 Å². The van der Waals surface area contributed by atoms with Gasteiger partial charge in [0.2, 0.25) is 0 Å². The van der Waals surface area contributed by atoms with Crippen molar-refractivity contribution in [2.24, 2.45) is 0 Å². The Hall–Kier alpha value is -2.33. The molecule has 118 valence electrons. The molecule has 23 heavy (non-hydrogen) atoms. The summed E-state index contributed by atoms with van der Waals surface area (Å²) in [6.45, 7) is 2.78. The first-order valence-electron chi connectivity index (χ1n) is 8.34. The first-order chi connectivity index (χ1) is 11.3. The second-order valence-electron chi connectivity index (χ2n) is 6.34. The van der Waals surface area contributed by atoms with Gasteiger partial charge >= 0.3 is 0 Å². The predicted molar refractivity (Wildman–Crippen MR) is 91.8 cm³/mol. The minimum absolute atomic E-state index is 0.0917. The summed E-state index contributed by atoms with van der Waals surface area (Å²) in [5.74, 6) is 0.0917. The molecule has 0 spiro atoms. The van der Waals surface area contributed by atoms with Crippen molar-refractivity contribution in [3.63, 3.8) is 0 Å². The topological polar surface area (TPSA) is 46.7 Å². The number of carbonyl (C=O) groups is 1. The number of amides is 1. The number of hydrogen-bond acceptors (Lipinski definition) is 2. The number of likely N-dealkylation sites (tertiary alicyclic amines) is 1. The van der Waals surface area contributed by atoms with Crippen molar-refractivity contribution in [3.05, 3.63) is 42.5 Å². The molecule has 0 bridgehead atoms. The van der Waals surface area contributed by atoms with Crippen molar-refractivity contribution in [1.29, 1.82) is 0 Å². The summed E-state index contributed by atoms with van der Waals surface area (Å²) in [6.07, 6.45) is 3.76. The Balaban J connectivity index is 1.54. The van der Waals surface area contributed by atoms with Gasteiger partial charge in [0.1, 0.15) is 11.2 Å². The molecular formula is C19H21N2O2+. The van der Waals surface area contributed by atoms with Crippen molar-refractivity contribution in [1.82, 2.24) is 0 Å². The Morgan fingerprint density at radius 1 is 1.00 bits per heavy atom. The molecule has 0 saturated carbocycles. The molecule has 1 fully saturated rings. The largest absolute Gasteiger partial charge is 0.456 e. The molecule has 4 nitrogen and oxygen atoms in total. The Kier molecular flexibility index (Phi) is 3.75. The number of hydrogen-bond donors (Lipinski definition) is 2. The van der Waals surface area contributed by atoms with Crippen LogP contribution >= 0.6 is 0 Å². The lowest BCUT2D eigenvalue weighted by atomic mass is 10.1. The van der Waals surface area contributed by atoms with Crippen LogP contribution < -0.4 is 10.2 Å². The van der Waals surface area contributed by atoms with Gasteiger partial charge in [-0.25, -0.2) is 0 Å². The summed E-state index contributed by atoms with van der Waals surface area (Å²) < 4.78 is 5.82. The fourth-order valence-corrected chi connectivity index (χ4v) is 3.46. The zero-order chi connectivity index (χ0) is 15.6. The number of benzene rings is 2. The maximum Gasteiger partial charge on any atom is 0.279 e. The Bertz CT molecular complexity index is 847. The second kappa shape index (κ2) is 6.05. The number of rotatable bonds is 3. The van der Waals surface area contributed by atoms with Crippen molar-refractivity contribution in [2.45, 2.75) is 19.3 Å². The number of piperidine rings is 1. The van der Waals surface area contributed by atoms with Crippen LogP contribution in [0.5, 0.6) is 0 Å². The van der Waals surface area contributed by atoms with E-state index < -0.39 is 0 Å². The van der Waals surface area contributed by atoms with Crippen molar-refractivity contribution >= 4 is 33.5 Å². The van der Waals surface area contributed by atoms with Crippen LogP contribution in [0.25, 0.3) is 21.9 Å². The molecule has 1 saturated heterocycles. The van der Waals surface area contributed by atoms with Gasteiger partial charge in [0, 0.05) is 16.5 Å². The van der Waals surface area contributed by atoms with E-state index in [-0.39, 0.29) is 5.91 Å². The highest BCUT2D eigenvalue weighted by Gasteiger charge is 2.17. The van der Waals surface area contributed by atoms with Crippen LogP contribution in [0.2, 0.25) is 0 Å². The van der Waals surface area contributed by atoms with Gasteiger partial charge in [0.25, 0.3) is 5.91 Å². The molecule has 0 aliphatic carbocycles. The normalized spacial score (nSPS) is 16.0. The van der Waals surface area contributed by atoms with E-state index in [1.807, 2.05) is 42.5 Å². The summed E-state index contributed by atoms with van der Waals surface area (Å²) >= 11 is 0. The van der Waals surface area contributed by atoms with E-state index in [4.69, 9.17) is 4.42 Å². The number of carbonyl (C=O) groups excluding carboxylic acids is 1. The van der Waals surface area contributed by atoms with E-state index in [0.717, 1.165) is 40.7 Å². The first kappa shape index (κ1) is 14.3. The zero-order valence-electron chi connectivity index (χ0n) is 13.1. The van der Waals surface area contributed by atoms with E-state index in [1.165, 1.54) is 24.2 Å². The molecule has 0 radical (unpaired) electrons. The lowest BCUT2D eigenvalue weighted by Crippen LogP contribution is -3.13. The van der Waals surface area contributed by atoms with Crippen LogP contribution in [0.1, 0.15) is 19.3 Å². The molecule has 0 unspecified atom stereocenters. The molecule has 3 aromatic rings. The first-order valence-corrected chi connectivity index (χ1v) is 8.34. The zero-order valence-corrected chi connectivity index (χ0v) is 13.1. The summed E-state index contributed by atoms with van der Waals surface area (Å²) in [4.78, 5) is 13.7. The van der Waals surface area contributed by atoms with Crippen LogP contribution in [0.15, 0.2) is 46.9 Å². The minimum Gasteiger partial charge on any atom is -0.456 e. The maximum atomic E-state index is 12.3. The van der Waals surface area contributed by atoms with E-state index in [9.17, 15) is 4.79 Å². The molecule has 4 heteroatoms. The van der Waals surface area contributed by atoms with Crippen molar-refractivity contribution in [2.75, 3.05) is 25.0 Å². The molecule has 4 rings (SSSR count). The molecule has 1 amide bonds. The third-order valence-corrected chi connectivity index (χ3v) is 4.63. The van der Waals surface area contributed by atoms with E-state index >= 15 is 0 Å². The van der Waals surface area contributed by atoms with Crippen molar-refractivity contribution < 1.29 is 14.1 Å². The number of furan rings is 1. The van der Waals surface area contributed by atoms with Crippen LogP contribution in [0, 0.1) is 0 Å². The predicted octanol–water partition coefficient (Wildman–Crippen LogP) is 2.59. The fraction of sp³-hybridized carbons (Fsp3) is 0.316. The summed E-state index contributed by atoms with van der Waals surface area (Å²) in [5, 5.41) is 5.16. The Labute approximate surface area is 135 Å². The number of anilines is 1. The van der Waals surface area contributed by atoms with E-state index in [2.05, 4.69) is 5.32 Å². The molecular weight excluding hydrogens is 288 g/mol. The number of fused-ring (bicyclic) bond motifs is 3. The maximum absolute atomic E-state index is 12.3. The molecule has 0 atom stereocenters. The Morgan fingerprint density at radius 2 is 1.78 bits per heavy atom. The highest BCUT2D eigenvalue weighted by molar-refractivity contribution is 6.06. The number of nitrogens with one attached hydrogen (secondary N) is 2. The second-order valence-corrected chi connectivity index (χ2v) is 6.34. The quantitative estimate of drug-likeness (QED) is 0.781. The molecule has 1 aliphatic rings. The average Bonchev–Trinajstić information content (AvgIpc) is 2.94. The average molecular weight is 309 g/mol. The highest BCUT2D eigenvalue weighted by atomic mass is 16.3. The number of quaternary nitrogens is 1. The third kappa shape index (κ3) is 2.94. The standard InChI is InChI=1S/C19H20N2O2/c22-19(13-21-10-4-1-5-11-21)20-14-8-9-18-16(12-14)15-6-2-3-7-17(15)23-18/h2-3,6-9,12H,1,4-5,10-11,13H2,(H,20,22)/p+1. The van der Waals surface area contributed by atoms with Crippen LogP contribution in [0.4, 0.5) is 5.69 Å². The van der Waals surface area contributed by atoms with Gasteiger partial charge in [-0.15, -0.1) is 0 Å².